The monoisotopic (exact) mass is 418 g/mol. The van der Waals surface area contributed by atoms with Crippen LogP contribution in [0.4, 0.5) is 11.4 Å². The SMILES string of the molecule is CN(c1ccccc1)S(=O)(=O)c1cncc(NC(=O)c2ccc3cccnc3c2)c1. The van der Waals surface area contributed by atoms with Crippen LogP contribution in [0, 0.1) is 0 Å². The molecule has 2 aromatic carbocycles. The van der Waals surface area contributed by atoms with E-state index in [1.165, 1.54) is 29.8 Å². The first-order valence-corrected chi connectivity index (χ1v) is 10.5. The highest BCUT2D eigenvalue weighted by atomic mass is 32.2. The van der Waals surface area contributed by atoms with E-state index in [9.17, 15) is 13.2 Å². The zero-order chi connectivity index (χ0) is 21.1. The van der Waals surface area contributed by atoms with E-state index in [2.05, 4.69) is 15.3 Å². The molecule has 8 heteroatoms. The lowest BCUT2D eigenvalue weighted by molar-refractivity contribution is 0.102. The molecule has 2 aromatic heterocycles. The third kappa shape index (κ3) is 3.85. The maximum absolute atomic E-state index is 13.0. The number of amides is 1. The van der Waals surface area contributed by atoms with Gasteiger partial charge in [-0.1, -0.05) is 30.3 Å². The van der Waals surface area contributed by atoms with Crippen LogP contribution in [0.2, 0.25) is 0 Å². The predicted octanol–water partition coefficient (Wildman–Crippen LogP) is 3.71. The van der Waals surface area contributed by atoms with E-state index in [4.69, 9.17) is 0 Å². The average molecular weight is 418 g/mol. The van der Waals surface area contributed by atoms with Crippen molar-refractivity contribution in [2.24, 2.45) is 0 Å². The highest BCUT2D eigenvalue weighted by Gasteiger charge is 2.22. The van der Waals surface area contributed by atoms with Crippen molar-refractivity contribution < 1.29 is 13.2 Å². The average Bonchev–Trinajstić information content (AvgIpc) is 2.79. The number of fused-ring (bicyclic) bond motifs is 1. The third-order valence-corrected chi connectivity index (χ3v) is 6.37. The molecule has 4 aromatic rings. The summed E-state index contributed by atoms with van der Waals surface area (Å²) in [5, 5.41) is 3.63. The third-order valence-electron chi connectivity index (χ3n) is 4.62. The first kappa shape index (κ1) is 19.5. The Hall–Kier alpha value is -3.78. The summed E-state index contributed by atoms with van der Waals surface area (Å²) in [5.74, 6) is -0.379. The highest BCUT2D eigenvalue weighted by molar-refractivity contribution is 7.92. The number of sulfonamides is 1. The normalized spacial score (nSPS) is 11.2. The van der Waals surface area contributed by atoms with Gasteiger partial charge in [-0.15, -0.1) is 0 Å². The summed E-state index contributed by atoms with van der Waals surface area (Å²) in [4.78, 5) is 20.9. The number of para-hydroxylation sites is 1. The topological polar surface area (TPSA) is 92.3 Å². The van der Waals surface area contributed by atoms with Gasteiger partial charge in [-0.3, -0.25) is 19.1 Å². The van der Waals surface area contributed by atoms with Gasteiger partial charge < -0.3 is 5.32 Å². The number of hydrogen-bond acceptors (Lipinski definition) is 5. The van der Waals surface area contributed by atoms with Crippen LogP contribution in [-0.4, -0.2) is 31.3 Å². The van der Waals surface area contributed by atoms with E-state index in [1.807, 2.05) is 24.3 Å². The number of hydrogen-bond donors (Lipinski definition) is 1. The van der Waals surface area contributed by atoms with Gasteiger partial charge in [0.1, 0.15) is 4.90 Å². The van der Waals surface area contributed by atoms with E-state index < -0.39 is 10.0 Å². The zero-order valence-electron chi connectivity index (χ0n) is 16.1. The molecular weight excluding hydrogens is 400 g/mol. The molecule has 0 radical (unpaired) electrons. The number of carbonyl (C=O) groups is 1. The van der Waals surface area contributed by atoms with Crippen LogP contribution in [0.3, 0.4) is 0 Å². The molecule has 0 aliphatic heterocycles. The van der Waals surface area contributed by atoms with Crippen molar-refractivity contribution in [3.05, 3.63) is 90.9 Å². The van der Waals surface area contributed by atoms with Crippen molar-refractivity contribution in [3.63, 3.8) is 0 Å². The summed E-state index contributed by atoms with van der Waals surface area (Å²) in [6, 6.07) is 19.0. The second-order valence-corrected chi connectivity index (χ2v) is 8.55. The summed E-state index contributed by atoms with van der Waals surface area (Å²) in [5.41, 5.74) is 1.92. The number of aromatic nitrogens is 2. The number of nitrogens with zero attached hydrogens (tertiary/aromatic N) is 3. The fourth-order valence-electron chi connectivity index (χ4n) is 2.97. The molecule has 0 bridgehead atoms. The summed E-state index contributed by atoms with van der Waals surface area (Å²) in [6.07, 6.45) is 4.31. The van der Waals surface area contributed by atoms with Gasteiger partial charge in [-0.2, -0.15) is 0 Å². The van der Waals surface area contributed by atoms with Crippen molar-refractivity contribution in [3.8, 4) is 0 Å². The Labute approximate surface area is 174 Å². The second kappa shape index (κ2) is 7.92. The maximum Gasteiger partial charge on any atom is 0.265 e. The van der Waals surface area contributed by atoms with Crippen LogP contribution < -0.4 is 9.62 Å². The van der Waals surface area contributed by atoms with Crippen LogP contribution in [0.15, 0.2) is 90.2 Å². The number of nitrogens with one attached hydrogen (secondary N) is 1. The van der Waals surface area contributed by atoms with E-state index in [0.717, 1.165) is 5.39 Å². The van der Waals surface area contributed by atoms with E-state index in [-0.39, 0.29) is 16.5 Å². The molecule has 4 rings (SSSR count). The van der Waals surface area contributed by atoms with Gasteiger partial charge in [-0.05, 0) is 36.4 Å². The molecule has 150 valence electrons. The van der Waals surface area contributed by atoms with E-state index in [1.54, 1.807) is 42.6 Å². The molecule has 30 heavy (non-hydrogen) atoms. The largest absolute Gasteiger partial charge is 0.321 e. The Kier molecular flexibility index (Phi) is 5.16. The van der Waals surface area contributed by atoms with Gasteiger partial charge in [0.25, 0.3) is 15.9 Å². The van der Waals surface area contributed by atoms with Gasteiger partial charge in [0.05, 0.1) is 23.1 Å². The lowest BCUT2D eigenvalue weighted by atomic mass is 10.1. The van der Waals surface area contributed by atoms with Crippen molar-refractivity contribution in [2.75, 3.05) is 16.7 Å². The molecular formula is C22H18N4O3S. The van der Waals surface area contributed by atoms with Gasteiger partial charge >= 0.3 is 0 Å². The lowest BCUT2D eigenvalue weighted by Crippen LogP contribution is -2.26. The summed E-state index contributed by atoms with van der Waals surface area (Å²) in [6.45, 7) is 0. The molecule has 0 atom stereocenters. The molecule has 0 aliphatic rings. The van der Waals surface area contributed by atoms with Gasteiger partial charge in [0.15, 0.2) is 0 Å². The first-order chi connectivity index (χ1) is 14.4. The summed E-state index contributed by atoms with van der Waals surface area (Å²) >= 11 is 0. The number of benzene rings is 2. The minimum Gasteiger partial charge on any atom is -0.321 e. The minimum absolute atomic E-state index is 0.0215. The fraction of sp³-hybridized carbons (Fsp3) is 0.0455. The maximum atomic E-state index is 13.0. The number of pyridine rings is 2. The van der Waals surface area contributed by atoms with Crippen LogP contribution in [0.25, 0.3) is 10.9 Å². The van der Waals surface area contributed by atoms with Crippen LogP contribution >= 0.6 is 0 Å². The number of carbonyl (C=O) groups excluding carboxylic acids is 1. The quantitative estimate of drug-likeness (QED) is 0.533. The Morgan fingerprint density at radius 3 is 2.57 bits per heavy atom. The number of rotatable bonds is 5. The standard InChI is InChI=1S/C22H18N4O3S/c1-26(19-7-3-2-4-8-19)30(28,29)20-13-18(14-23-15-20)25-22(27)17-10-9-16-6-5-11-24-21(16)12-17/h2-15H,1H3,(H,25,27). The molecule has 2 heterocycles. The van der Waals surface area contributed by atoms with Crippen LogP contribution in [0.1, 0.15) is 10.4 Å². The molecule has 0 aliphatic carbocycles. The van der Waals surface area contributed by atoms with Crippen molar-refractivity contribution in [1.29, 1.82) is 0 Å². The molecule has 0 fully saturated rings. The lowest BCUT2D eigenvalue weighted by Gasteiger charge is -2.19. The van der Waals surface area contributed by atoms with Crippen molar-refractivity contribution >= 4 is 38.2 Å². The summed E-state index contributed by atoms with van der Waals surface area (Å²) in [7, 11) is -2.36. The van der Waals surface area contributed by atoms with Gasteiger partial charge in [0, 0.05) is 30.4 Å². The smallest absolute Gasteiger partial charge is 0.265 e. The Morgan fingerprint density at radius 2 is 1.77 bits per heavy atom. The minimum atomic E-state index is -3.83. The molecule has 0 saturated carbocycles. The fourth-order valence-corrected chi connectivity index (χ4v) is 4.16. The van der Waals surface area contributed by atoms with Crippen LogP contribution in [0.5, 0.6) is 0 Å². The Bertz CT molecular complexity index is 1320. The van der Waals surface area contributed by atoms with Crippen molar-refractivity contribution in [2.45, 2.75) is 4.90 Å². The Morgan fingerprint density at radius 1 is 0.967 bits per heavy atom. The molecule has 1 amide bonds. The van der Waals surface area contributed by atoms with Gasteiger partial charge in [0.2, 0.25) is 0 Å². The molecule has 0 saturated heterocycles. The van der Waals surface area contributed by atoms with Crippen LogP contribution in [-0.2, 0) is 10.0 Å². The second-order valence-electron chi connectivity index (χ2n) is 6.58. The molecule has 0 unspecified atom stereocenters. The highest BCUT2D eigenvalue weighted by Crippen LogP contribution is 2.23. The van der Waals surface area contributed by atoms with Gasteiger partial charge in [-0.25, -0.2) is 8.42 Å². The zero-order valence-corrected chi connectivity index (χ0v) is 16.9. The first-order valence-electron chi connectivity index (χ1n) is 9.10. The molecule has 1 N–H and O–H groups in total. The predicted molar refractivity (Wildman–Crippen MR) is 116 cm³/mol. The van der Waals surface area contributed by atoms with E-state index in [0.29, 0.717) is 16.8 Å². The Balaban J connectivity index is 1.59. The molecule has 7 nitrogen and oxygen atoms in total. The van der Waals surface area contributed by atoms with Crippen molar-refractivity contribution in [1.82, 2.24) is 9.97 Å². The van der Waals surface area contributed by atoms with E-state index >= 15 is 0 Å². The number of anilines is 2. The summed E-state index contributed by atoms with van der Waals surface area (Å²) < 4.78 is 27.1. The molecule has 0 spiro atoms.